The fourth-order valence-corrected chi connectivity index (χ4v) is 7.98. The van der Waals surface area contributed by atoms with Gasteiger partial charge in [0.15, 0.2) is 16.4 Å². The highest BCUT2D eigenvalue weighted by Gasteiger charge is 2.21. The van der Waals surface area contributed by atoms with Gasteiger partial charge in [0.1, 0.15) is 9.96 Å². The second-order valence-electron chi connectivity index (χ2n) is 8.13. The van der Waals surface area contributed by atoms with E-state index in [0.717, 1.165) is 51.2 Å². The molecule has 35 heavy (non-hydrogen) atoms. The Bertz CT molecular complexity index is 1270. The largest absolute Gasteiger partial charge is 0.482 e. The van der Waals surface area contributed by atoms with Crippen molar-refractivity contribution in [2.75, 3.05) is 31.2 Å². The normalized spacial score (nSPS) is 11.7. The lowest BCUT2D eigenvalue weighted by molar-refractivity contribution is -0.139. The molecular formula is C25H30ClNO5S3. The number of carboxylic acid groups (broad SMARTS) is 1. The molecule has 0 unspecified atom stereocenters. The van der Waals surface area contributed by atoms with E-state index in [0.29, 0.717) is 27.9 Å². The molecule has 1 aromatic heterocycles. The molecule has 0 bridgehead atoms. The lowest BCUT2D eigenvalue weighted by atomic mass is 10.1. The highest BCUT2D eigenvalue weighted by atomic mass is 35.5. The summed E-state index contributed by atoms with van der Waals surface area (Å²) in [6.45, 7) is 4.95. The predicted molar refractivity (Wildman–Crippen MR) is 145 cm³/mol. The van der Waals surface area contributed by atoms with Crippen LogP contribution in [0.5, 0.6) is 5.75 Å². The van der Waals surface area contributed by atoms with Crippen LogP contribution in [0.3, 0.4) is 0 Å². The summed E-state index contributed by atoms with van der Waals surface area (Å²) >= 11 is 9.08. The minimum atomic E-state index is -3.34. The summed E-state index contributed by atoms with van der Waals surface area (Å²) in [5.41, 5.74) is 1.79. The van der Waals surface area contributed by atoms with E-state index in [4.69, 9.17) is 21.4 Å². The number of aliphatic carboxylic acids is 1. The monoisotopic (exact) mass is 555 g/mol. The molecule has 2 N–H and O–H groups in total. The zero-order valence-electron chi connectivity index (χ0n) is 19.8. The summed E-state index contributed by atoms with van der Waals surface area (Å²) in [6, 6.07) is 11.3. The molecule has 1 heterocycles. The number of nitrogens with one attached hydrogen (secondary N) is 1. The van der Waals surface area contributed by atoms with Gasteiger partial charge in [-0.15, -0.1) is 23.1 Å². The Hall–Kier alpha value is -1.78. The van der Waals surface area contributed by atoms with Crippen molar-refractivity contribution in [1.82, 2.24) is 5.32 Å². The van der Waals surface area contributed by atoms with Crippen LogP contribution in [0.25, 0.3) is 10.1 Å². The highest BCUT2D eigenvalue weighted by Crippen LogP contribution is 2.36. The van der Waals surface area contributed by atoms with Crippen molar-refractivity contribution >= 4 is 60.6 Å². The fraction of sp³-hybridized carbons (Fsp3) is 0.400. The molecule has 0 aliphatic carbocycles. The number of carboxylic acids is 1. The molecule has 10 heteroatoms. The summed E-state index contributed by atoms with van der Waals surface area (Å²) in [4.78, 5) is 11.9. The van der Waals surface area contributed by atoms with Gasteiger partial charge in [-0.25, -0.2) is 13.2 Å². The van der Waals surface area contributed by atoms with Crippen LogP contribution in [0.2, 0.25) is 5.02 Å². The first kappa shape index (κ1) is 27.8. The predicted octanol–water partition coefficient (Wildman–Crippen LogP) is 5.82. The van der Waals surface area contributed by atoms with E-state index in [-0.39, 0.29) is 12.4 Å². The molecule has 0 saturated heterocycles. The third kappa shape index (κ3) is 7.85. The van der Waals surface area contributed by atoms with E-state index in [1.807, 2.05) is 31.2 Å². The molecule has 0 aliphatic heterocycles. The number of carbonyl (C=O) groups is 1. The van der Waals surface area contributed by atoms with E-state index < -0.39 is 15.8 Å². The van der Waals surface area contributed by atoms with Gasteiger partial charge in [0.05, 0.1) is 5.75 Å². The number of aryl methyl sites for hydroxylation is 2. The van der Waals surface area contributed by atoms with Gasteiger partial charge in [0.25, 0.3) is 0 Å². The Morgan fingerprint density at radius 2 is 2.00 bits per heavy atom. The van der Waals surface area contributed by atoms with Crippen molar-refractivity contribution < 1.29 is 23.1 Å². The summed E-state index contributed by atoms with van der Waals surface area (Å²) in [5, 5.41) is 13.7. The van der Waals surface area contributed by atoms with Crippen LogP contribution in [0, 0.1) is 6.92 Å². The number of thiophene rings is 1. The van der Waals surface area contributed by atoms with Gasteiger partial charge in [-0.05, 0) is 79.2 Å². The fourth-order valence-electron chi connectivity index (χ4n) is 3.70. The number of sulfone groups is 1. The van der Waals surface area contributed by atoms with E-state index in [9.17, 15) is 13.2 Å². The second-order valence-corrected chi connectivity index (χ2v) is 13.1. The number of hydrogen-bond donors (Lipinski definition) is 2. The average Bonchev–Trinajstić information content (AvgIpc) is 3.14. The molecular weight excluding hydrogens is 526 g/mol. The van der Waals surface area contributed by atoms with E-state index >= 15 is 0 Å². The molecule has 0 saturated carbocycles. The first-order chi connectivity index (χ1) is 16.7. The van der Waals surface area contributed by atoms with Crippen molar-refractivity contribution in [2.45, 2.75) is 42.2 Å². The molecule has 0 fully saturated rings. The van der Waals surface area contributed by atoms with E-state index in [2.05, 4.69) is 18.3 Å². The number of halogens is 1. The van der Waals surface area contributed by atoms with Gasteiger partial charge in [-0.3, -0.25) is 0 Å². The van der Waals surface area contributed by atoms with Gasteiger partial charge < -0.3 is 15.2 Å². The molecule has 0 aliphatic rings. The molecule has 190 valence electrons. The molecule has 6 nitrogen and oxygen atoms in total. The van der Waals surface area contributed by atoms with Gasteiger partial charge in [-0.2, -0.15) is 0 Å². The standard InChI is InChI=1S/C25H30ClNO5S3/c1-3-5-18-14-20(7-8-22(18)32-16-24(28)29)33-12-11-27-10-4-13-35(30,31)25-17(2)21-15-19(26)6-9-23(21)34-25/h6-9,14-15,27H,3-5,10-13,16H2,1-2H3,(H,28,29). The van der Waals surface area contributed by atoms with Crippen LogP contribution in [0.4, 0.5) is 0 Å². The Morgan fingerprint density at radius 3 is 2.74 bits per heavy atom. The highest BCUT2D eigenvalue weighted by molar-refractivity contribution is 7.99. The van der Waals surface area contributed by atoms with Crippen molar-refractivity contribution in [2.24, 2.45) is 0 Å². The summed E-state index contributed by atoms with van der Waals surface area (Å²) in [6.07, 6.45) is 2.30. The molecule has 0 spiro atoms. The smallest absolute Gasteiger partial charge is 0.341 e. The number of thioether (sulfide) groups is 1. The molecule has 0 radical (unpaired) electrons. The maximum absolute atomic E-state index is 12.9. The summed E-state index contributed by atoms with van der Waals surface area (Å²) in [5.74, 6) is 0.569. The van der Waals surface area contributed by atoms with Crippen molar-refractivity contribution in [3.8, 4) is 5.75 Å². The van der Waals surface area contributed by atoms with Crippen LogP contribution in [-0.4, -0.2) is 50.7 Å². The van der Waals surface area contributed by atoms with Crippen LogP contribution in [-0.2, 0) is 21.1 Å². The second kappa shape index (κ2) is 13.0. The maximum Gasteiger partial charge on any atom is 0.341 e. The van der Waals surface area contributed by atoms with Gasteiger partial charge in [-0.1, -0.05) is 24.9 Å². The lowest BCUT2D eigenvalue weighted by Crippen LogP contribution is -2.21. The first-order valence-electron chi connectivity index (χ1n) is 11.4. The zero-order valence-corrected chi connectivity index (χ0v) is 23.0. The molecule has 0 atom stereocenters. The third-order valence-electron chi connectivity index (χ3n) is 5.35. The van der Waals surface area contributed by atoms with Crippen LogP contribution >= 0.6 is 34.7 Å². The summed E-state index contributed by atoms with van der Waals surface area (Å²) < 4.78 is 32.5. The third-order valence-corrected chi connectivity index (χ3v) is 10.4. The topological polar surface area (TPSA) is 92.7 Å². The van der Waals surface area contributed by atoms with E-state index in [1.165, 1.54) is 11.3 Å². The Kier molecular flexibility index (Phi) is 10.3. The Labute approximate surface area is 219 Å². The van der Waals surface area contributed by atoms with Crippen molar-refractivity contribution in [3.63, 3.8) is 0 Å². The summed E-state index contributed by atoms with van der Waals surface area (Å²) in [7, 11) is -3.34. The number of ether oxygens (including phenoxy) is 1. The zero-order chi connectivity index (χ0) is 25.4. The minimum Gasteiger partial charge on any atom is -0.482 e. The number of fused-ring (bicyclic) bond motifs is 1. The van der Waals surface area contributed by atoms with E-state index in [1.54, 1.807) is 17.8 Å². The quantitative estimate of drug-likeness (QED) is 0.191. The minimum absolute atomic E-state index is 0.104. The van der Waals surface area contributed by atoms with Gasteiger partial charge in [0, 0.05) is 26.9 Å². The maximum atomic E-state index is 12.9. The Balaban J connectivity index is 1.43. The number of rotatable bonds is 14. The van der Waals surface area contributed by atoms with Crippen LogP contribution in [0.1, 0.15) is 30.9 Å². The SMILES string of the molecule is CCCc1cc(SCCNCCCS(=O)(=O)c2sc3ccc(Cl)cc3c2C)ccc1OCC(=O)O. The first-order valence-corrected chi connectivity index (χ1v) is 15.3. The number of hydrogen-bond acceptors (Lipinski definition) is 7. The lowest BCUT2D eigenvalue weighted by Gasteiger charge is -2.12. The molecule has 0 amide bonds. The van der Waals surface area contributed by atoms with Crippen molar-refractivity contribution in [3.05, 3.63) is 52.5 Å². The molecule has 3 rings (SSSR count). The van der Waals surface area contributed by atoms with Crippen molar-refractivity contribution in [1.29, 1.82) is 0 Å². The Morgan fingerprint density at radius 1 is 1.20 bits per heavy atom. The molecule has 2 aromatic carbocycles. The van der Waals surface area contributed by atoms with Crippen LogP contribution < -0.4 is 10.1 Å². The van der Waals surface area contributed by atoms with Gasteiger partial charge in [0.2, 0.25) is 0 Å². The average molecular weight is 556 g/mol. The molecule has 3 aromatic rings. The van der Waals surface area contributed by atoms with Crippen LogP contribution in [0.15, 0.2) is 45.5 Å². The van der Waals surface area contributed by atoms with Gasteiger partial charge >= 0.3 is 5.97 Å². The number of benzene rings is 2.